The van der Waals surface area contributed by atoms with Crippen LogP contribution in [0.5, 0.6) is 0 Å². The van der Waals surface area contributed by atoms with Crippen LogP contribution in [0.15, 0.2) is 144 Å². The van der Waals surface area contributed by atoms with Gasteiger partial charge in [0.15, 0.2) is 5.58 Å². The summed E-state index contributed by atoms with van der Waals surface area (Å²) in [5.41, 5.74) is 9.05. The van der Waals surface area contributed by atoms with Crippen molar-refractivity contribution in [3.63, 3.8) is 0 Å². The van der Waals surface area contributed by atoms with Crippen molar-refractivity contribution in [2.75, 3.05) is 4.90 Å². The average Bonchev–Trinajstić information content (AvgIpc) is 3.78. The van der Waals surface area contributed by atoms with Crippen LogP contribution in [-0.4, -0.2) is 4.57 Å². The zero-order chi connectivity index (χ0) is 30.2. The Labute approximate surface area is 269 Å². The van der Waals surface area contributed by atoms with Crippen molar-refractivity contribution >= 4 is 87.4 Å². The zero-order valence-electron chi connectivity index (χ0n) is 25.0. The number of aryl methyl sites for hydroxylation is 1. The molecule has 0 N–H and O–H groups in total. The first-order chi connectivity index (χ1) is 22.8. The molecule has 1 aliphatic carbocycles. The molecule has 1 aliphatic rings. The summed E-state index contributed by atoms with van der Waals surface area (Å²) in [6.07, 6.45) is 6.40. The van der Waals surface area contributed by atoms with E-state index in [0.29, 0.717) is 0 Å². The molecule has 3 nitrogen and oxygen atoms in total. The fourth-order valence-electron chi connectivity index (χ4n) is 7.40. The highest BCUT2D eigenvalue weighted by Crippen LogP contribution is 2.46. The van der Waals surface area contributed by atoms with Crippen molar-refractivity contribution in [3.8, 4) is 5.69 Å². The van der Waals surface area contributed by atoms with Crippen molar-refractivity contribution in [2.45, 2.75) is 12.8 Å². The summed E-state index contributed by atoms with van der Waals surface area (Å²) in [5.74, 6) is 0.981. The van der Waals surface area contributed by atoms with E-state index in [-0.39, 0.29) is 0 Å². The van der Waals surface area contributed by atoms with Crippen LogP contribution in [-0.2, 0) is 6.42 Å². The lowest BCUT2D eigenvalue weighted by molar-refractivity contribution is 0.596. The molecular formula is C42H28N2OS. The predicted molar refractivity (Wildman–Crippen MR) is 195 cm³/mol. The number of nitrogens with zero attached hydrogens (tertiary/aromatic N) is 2. The lowest BCUT2D eigenvalue weighted by Gasteiger charge is -2.26. The SMILES string of the molecule is C1=Cc2oc3c(N(c4ccc5c(c4)sc4ccccc45)c4ccc5c(c4)c4ccccc4n5-c4ccccc4)cccc3c2CC1. The van der Waals surface area contributed by atoms with Gasteiger partial charge in [0.1, 0.15) is 5.76 Å². The topological polar surface area (TPSA) is 21.3 Å². The van der Waals surface area contributed by atoms with Gasteiger partial charge < -0.3 is 13.9 Å². The number of furan rings is 1. The van der Waals surface area contributed by atoms with Crippen LogP contribution < -0.4 is 4.90 Å². The van der Waals surface area contributed by atoms with Crippen LogP contribution >= 0.6 is 11.3 Å². The molecule has 0 spiro atoms. The number of allylic oxidation sites excluding steroid dienone is 1. The number of aromatic nitrogens is 1. The quantitative estimate of drug-likeness (QED) is 0.198. The van der Waals surface area contributed by atoms with E-state index in [4.69, 9.17) is 4.42 Å². The first kappa shape index (κ1) is 25.7. The van der Waals surface area contributed by atoms with E-state index in [1.54, 1.807) is 0 Å². The minimum atomic E-state index is 0.933. The van der Waals surface area contributed by atoms with Crippen molar-refractivity contribution < 1.29 is 4.42 Å². The first-order valence-electron chi connectivity index (χ1n) is 15.8. The molecule has 0 saturated carbocycles. The number of para-hydroxylation sites is 3. The zero-order valence-corrected chi connectivity index (χ0v) is 25.8. The Kier molecular flexibility index (Phi) is 5.57. The fourth-order valence-corrected chi connectivity index (χ4v) is 8.54. The number of thiophene rings is 1. The van der Waals surface area contributed by atoms with Gasteiger partial charge in [-0.15, -0.1) is 11.3 Å². The normalized spacial score (nSPS) is 13.0. The monoisotopic (exact) mass is 608 g/mol. The van der Waals surface area contributed by atoms with Gasteiger partial charge in [-0.2, -0.15) is 0 Å². The number of benzene rings is 6. The number of hydrogen-bond donors (Lipinski definition) is 0. The van der Waals surface area contributed by atoms with E-state index in [0.717, 1.165) is 46.9 Å². The maximum atomic E-state index is 6.67. The molecule has 4 heteroatoms. The van der Waals surface area contributed by atoms with Gasteiger partial charge in [-0.3, -0.25) is 0 Å². The molecule has 0 aliphatic heterocycles. The van der Waals surface area contributed by atoms with Gasteiger partial charge in [0.05, 0.1) is 16.7 Å². The number of rotatable bonds is 4. The minimum absolute atomic E-state index is 0.933. The van der Waals surface area contributed by atoms with Gasteiger partial charge in [0, 0.05) is 59.0 Å². The summed E-state index contributed by atoms with van der Waals surface area (Å²) in [6.45, 7) is 0. The maximum Gasteiger partial charge on any atom is 0.159 e. The van der Waals surface area contributed by atoms with E-state index in [9.17, 15) is 0 Å². The van der Waals surface area contributed by atoms with Crippen molar-refractivity contribution in [1.29, 1.82) is 0 Å². The van der Waals surface area contributed by atoms with Crippen LogP contribution in [0, 0.1) is 0 Å². The molecular weight excluding hydrogens is 581 g/mol. The van der Waals surface area contributed by atoms with E-state index in [2.05, 4.69) is 155 Å². The van der Waals surface area contributed by atoms with E-state index >= 15 is 0 Å². The first-order valence-corrected chi connectivity index (χ1v) is 16.6. The third-order valence-electron chi connectivity index (χ3n) is 9.45. The molecule has 0 unspecified atom stereocenters. The highest BCUT2D eigenvalue weighted by atomic mass is 32.1. The molecule has 6 aromatic carbocycles. The Hall–Kier alpha value is -5.58. The van der Waals surface area contributed by atoms with Gasteiger partial charge in [-0.25, -0.2) is 0 Å². The van der Waals surface area contributed by atoms with Gasteiger partial charge in [-0.1, -0.05) is 78.9 Å². The standard InChI is InChI=1S/C42H28N2OS/c1-2-11-27(12-3-1)44-36-17-7-4-13-30(36)35-25-28(22-24-37(35)44)43(29-21-23-33-32-15-6-9-20-40(32)46-41(33)26-29)38-18-10-16-34-31-14-5-8-19-39(31)45-42(34)38/h1-4,6-13,15-26H,5,14H2. The summed E-state index contributed by atoms with van der Waals surface area (Å²) in [6, 6.07) is 48.4. The van der Waals surface area contributed by atoms with E-state index in [1.165, 1.54) is 52.9 Å². The third-order valence-corrected chi connectivity index (χ3v) is 10.6. The fraction of sp³-hybridized carbons (Fsp3) is 0.0476. The number of anilines is 3. The molecule has 218 valence electrons. The summed E-state index contributed by atoms with van der Waals surface area (Å²) >= 11 is 1.85. The Morgan fingerprint density at radius 3 is 2.26 bits per heavy atom. The number of hydrogen-bond acceptors (Lipinski definition) is 3. The molecule has 10 rings (SSSR count). The second kappa shape index (κ2) is 9.96. The Morgan fingerprint density at radius 2 is 1.33 bits per heavy atom. The highest BCUT2D eigenvalue weighted by Gasteiger charge is 2.23. The molecule has 3 aromatic heterocycles. The van der Waals surface area contributed by atoms with E-state index < -0.39 is 0 Å². The van der Waals surface area contributed by atoms with Gasteiger partial charge in [0.2, 0.25) is 0 Å². The lowest BCUT2D eigenvalue weighted by atomic mass is 10.0. The Bertz CT molecular complexity index is 2650. The van der Waals surface area contributed by atoms with E-state index in [1.807, 2.05) is 11.3 Å². The number of fused-ring (bicyclic) bond motifs is 9. The Morgan fingerprint density at radius 1 is 0.587 bits per heavy atom. The van der Waals surface area contributed by atoms with Crippen LogP contribution in [0.1, 0.15) is 17.7 Å². The van der Waals surface area contributed by atoms with Crippen LogP contribution in [0.3, 0.4) is 0 Å². The molecule has 9 aromatic rings. The maximum absolute atomic E-state index is 6.67. The van der Waals surface area contributed by atoms with Crippen molar-refractivity contribution in [3.05, 3.63) is 151 Å². The molecule has 0 radical (unpaired) electrons. The second-order valence-electron chi connectivity index (χ2n) is 12.0. The summed E-state index contributed by atoms with van der Waals surface area (Å²) in [5, 5.41) is 6.26. The van der Waals surface area contributed by atoms with Crippen molar-refractivity contribution in [1.82, 2.24) is 4.57 Å². The molecule has 0 saturated heterocycles. The third kappa shape index (κ3) is 3.77. The summed E-state index contributed by atoms with van der Waals surface area (Å²) in [4.78, 5) is 2.39. The molecule has 0 amide bonds. The molecule has 0 fully saturated rings. The second-order valence-corrected chi connectivity index (χ2v) is 13.1. The van der Waals surface area contributed by atoms with Crippen LogP contribution in [0.2, 0.25) is 0 Å². The smallest absolute Gasteiger partial charge is 0.159 e. The molecule has 46 heavy (non-hydrogen) atoms. The van der Waals surface area contributed by atoms with Crippen LogP contribution in [0.25, 0.3) is 64.7 Å². The predicted octanol–water partition coefficient (Wildman–Crippen LogP) is 12.3. The Balaban J connectivity index is 1.25. The highest BCUT2D eigenvalue weighted by molar-refractivity contribution is 7.25. The molecule has 3 heterocycles. The van der Waals surface area contributed by atoms with Gasteiger partial charge in [0.25, 0.3) is 0 Å². The summed E-state index contributed by atoms with van der Waals surface area (Å²) in [7, 11) is 0. The average molecular weight is 609 g/mol. The minimum Gasteiger partial charge on any atom is -0.454 e. The van der Waals surface area contributed by atoms with Gasteiger partial charge >= 0.3 is 0 Å². The van der Waals surface area contributed by atoms with Crippen molar-refractivity contribution in [2.24, 2.45) is 0 Å². The largest absolute Gasteiger partial charge is 0.454 e. The van der Waals surface area contributed by atoms with Crippen LogP contribution in [0.4, 0.5) is 17.1 Å². The summed E-state index contributed by atoms with van der Waals surface area (Å²) < 4.78 is 11.6. The van der Waals surface area contributed by atoms with Gasteiger partial charge in [-0.05, 0) is 79.6 Å². The lowest BCUT2D eigenvalue weighted by Crippen LogP contribution is -2.10. The molecule has 0 atom stereocenters. The molecule has 0 bridgehead atoms.